The van der Waals surface area contributed by atoms with Gasteiger partial charge in [-0.1, -0.05) is 6.07 Å². The first-order chi connectivity index (χ1) is 10.0. The van der Waals surface area contributed by atoms with Gasteiger partial charge in [0.15, 0.2) is 23.0 Å². The third-order valence-corrected chi connectivity index (χ3v) is 3.25. The molecule has 2 rings (SSSR count). The maximum atomic E-state index is 9.49. The minimum absolute atomic E-state index is 0.124. The van der Waals surface area contributed by atoms with Gasteiger partial charge in [0.2, 0.25) is 0 Å². The zero-order chi connectivity index (χ0) is 15.4. The lowest BCUT2D eigenvalue weighted by atomic mass is 10.1. The van der Waals surface area contributed by atoms with Gasteiger partial charge in [0, 0.05) is 18.3 Å². The molecule has 2 aromatic rings. The van der Waals surface area contributed by atoms with Crippen LogP contribution in [-0.2, 0) is 6.54 Å². The van der Waals surface area contributed by atoms with Crippen LogP contribution in [0.1, 0.15) is 11.1 Å². The van der Waals surface area contributed by atoms with Gasteiger partial charge in [-0.15, -0.1) is 0 Å². The molecule has 0 amide bonds. The number of methoxy groups -OCH3 is 2. The zero-order valence-corrected chi connectivity index (χ0v) is 12.3. The number of benzene rings is 2. The number of hydrogen-bond acceptors (Lipinski definition) is 5. The zero-order valence-electron chi connectivity index (χ0n) is 12.3. The molecule has 0 aliphatic rings. The quantitative estimate of drug-likeness (QED) is 0.738. The van der Waals surface area contributed by atoms with Gasteiger partial charge in [0.05, 0.1) is 14.2 Å². The van der Waals surface area contributed by atoms with Crippen LogP contribution in [0.3, 0.4) is 0 Å². The summed E-state index contributed by atoms with van der Waals surface area (Å²) in [5, 5.41) is 22.1. The lowest BCUT2D eigenvalue weighted by Crippen LogP contribution is -2.02. The minimum atomic E-state index is -0.127. The Bertz CT molecular complexity index is 640. The molecule has 0 atom stereocenters. The van der Waals surface area contributed by atoms with E-state index in [0.29, 0.717) is 18.0 Å². The maximum Gasteiger partial charge on any atom is 0.162 e. The Morgan fingerprint density at radius 3 is 2.24 bits per heavy atom. The van der Waals surface area contributed by atoms with Crippen LogP contribution in [0.25, 0.3) is 0 Å². The average molecular weight is 289 g/mol. The van der Waals surface area contributed by atoms with Crippen LogP contribution in [0, 0.1) is 6.92 Å². The Morgan fingerprint density at radius 2 is 1.62 bits per heavy atom. The Hall–Kier alpha value is -2.56. The van der Waals surface area contributed by atoms with E-state index in [1.807, 2.05) is 19.1 Å². The van der Waals surface area contributed by atoms with Crippen LogP contribution >= 0.6 is 0 Å². The van der Waals surface area contributed by atoms with Crippen LogP contribution in [0.15, 0.2) is 30.3 Å². The van der Waals surface area contributed by atoms with Crippen molar-refractivity contribution in [3.8, 4) is 23.0 Å². The molecule has 3 N–H and O–H groups in total. The van der Waals surface area contributed by atoms with E-state index in [9.17, 15) is 10.2 Å². The first kappa shape index (κ1) is 14.8. The molecule has 21 heavy (non-hydrogen) atoms. The molecular formula is C16H19NO4. The summed E-state index contributed by atoms with van der Waals surface area (Å²) in [6, 6.07) is 8.51. The van der Waals surface area contributed by atoms with E-state index in [4.69, 9.17) is 9.47 Å². The fourth-order valence-electron chi connectivity index (χ4n) is 2.05. The third kappa shape index (κ3) is 3.31. The van der Waals surface area contributed by atoms with Crippen molar-refractivity contribution in [2.24, 2.45) is 0 Å². The summed E-state index contributed by atoms with van der Waals surface area (Å²) in [4.78, 5) is 0. The smallest absolute Gasteiger partial charge is 0.162 e. The van der Waals surface area contributed by atoms with Crippen LogP contribution in [0.4, 0.5) is 5.69 Å². The molecule has 0 saturated heterocycles. The van der Waals surface area contributed by atoms with E-state index in [2.05, 4.69) is 5.32 Å². The second-order valence-corrected chi connectivity index (χ2v) is 4.70. The van der Waals surface area contributed by atoms with Gasteiger partial charge in [-0.3, -0.25) is 0 Å². The van der Waals surface area contributed by atoms with Gasteiger partial charge in [0.1, 0.15) is 0 Å². The highest BCUT2D eigenvalue weighted by Crippen LogP contribution is 2.33. The first-order valence-corrected chi connectivity index (χ1v) is 6.52. The van der Waals surface area contributed by atoms with E-state index < -0.39 is 0 Å². The van der Waals surface area contributed by atoms with Gasteiger partial charge < -0.3 is 25.0 Å². The Labute approximate surface area is 123 Å². The molecule has 0 fully saturated rings. The summed E-state index contributed by atoms with van der Waals surface area (Å²) in [6.45, 7) is 2.49. The lowest BCUT2D eigenvalue weighted by Gasteiger charge is -2.14. The number of ether oxygens (including phenoxy) is 2. The summed E-state index contributed by atoms with van der Waals surface area (Å²) < 4.78 is 10.5. The largest absolute Gasteiger partial charge is 0.504 e. The van der Waals surface area contributed by atoms with Gasteiger partial charge >= 0.3 is 0 Å². The fourth-order valence-corrected chi connectivity index (χ4v) is 2.05. The van der Waals surface area contributed by atoms with Crippen molar-refractivity contribution in [2.75, 3.05) is 19.5 Å². The fraction of sp³-hybridized carbons (Fsp3) is 0.250. The predicted molar refractivity (Wildman–Crippen MR) is 81.4 cm³/mol. The Kier molecular flexibility index (Phi) is 4.42. The van der Waals surface area contributed by atoms with Crippen molar-refractivity contribution in [1.29, 1.82) is 0 Å². The van der Waals surface area contributed by atoms with Crippen molar-refractivity contribution in [3.05, 3.63) is 41.5 Å². The molecule has 5 heteroatoms. The van der Waals surface area contributed by atoms with E-state index in [1.54, 1.807) is 20.3 Å². The highest BCUT2D eigenvalue weighted by molar-refractivity contribution is 5.60. The topological polar surface area (TPSA) is 71.0 Å². The minimum Gasteiger partial charge on any atom is -0.504 e. The number of rotatable bonds is 5. The molecule has 0 heterocycles. The van der Waals surface area contributed by atoms with E-state index in [0.717, 1.165) is 16.8 Å². The number of phenols is 2. The molecule has 2 aromatic carbocycles. The number of aromatic hydroxyl groups is 2. The molecule has 112 valence electrons. The van der Waals surface area contributed by atoms with Crippen LogP contribution < -0.4 is 14.8 Å². The number of nitrogens with one attached hydrogen (secondary N) is 1. The predicted octanol–water partition coefficient (Wildman–Crippen LogP) is 3.04. The van der Waals surface area contributed by atoms with E-state index >= 15 is 0 Å². The summed E-state index contributed by atoms with van der Waals surface area (Å²) in [5.41, 5.74) is 2.80. The summed E-state index contributed by atoms with van der Waals surface area (Å²) in [5.74, 6) is 1.08. The molecule has 5 nitrogen and oxygen atoms in total. The van der Waals surface area contributed by atoms with Crippen molar-refractivity contribution in [2.45, 2.75) is 13.5 Å². The number of phenolic OH excluding ortho intramolecular Hbond substituents is 2. The van der Waals surface area contributed by atoms with Crippen LogP contribution in [0.5, 0.6) is 23.0 Å². The van der Waals surface area contributed by atoms with E-state index in [-0.39, 0.29) is 11.5 Å². The summed E-state index contributed by atoms with van der Waals surface area (Å²) >= 11 is 0. The van der Waals surface area contributed by atoms with Gasteiger partial charge in [-0.05, 0) is 36.2 Å². The normalized spacial score (nSPS) is 10.2. The monoisotopic (exact) mass is 289 g/mol. The van der Waals surface area contributed by atoms with Crippen LogP contribution in [-0.4, -0.2) is 24.4 Å². The summed E-state index contributed by atoms with van der Waals surface area (Å²) in [7, 11) is 3.19. The van der Waals surface area contributed by atoms with Crippen molar-refractivity contribution < 1.29 is 19.7 Å². The van der Waals surface area contributed by atoms with Crippen molar-refractivity contribution >= 4 is 5.69 Å². The lowest BCUT2D eigenvalue weighted by molar-refractivity contribution is 0.355. The third-order valence-electron chi connectivity index (χ3n) is 3.25. The number of hydrogen-bond donors (Lipinski definition) is 3. The summed E-state index contributed by atoms with van der Waals surface area (Å²) in [6.07, 6.45) is 0. The Morgan fingerprint density at radius 1 is 0.952 bits per heavy atom. The average Bonchev–Trinajstić information content (AvgIpc) is 2.49. The van der Waals surface area contributed by atoms with Crippen LogP contribution in [0.2, 0.25) is 0 Å². The number of anilines is 1. The SMILES string of the molecule is COc1cc(C)c(NCc2ccc(O)c(O)c2)cc1OC. The molecular weight excluding hydrogens is 270 g/mol. The van der Waals surface area contributed by atoms with Crippen molar-refractivity contribution in [3.63, 3.8) is 0 Å². The highest BCUT2D eigenvalue weighted by Gasteiger charge is 2.08. The molecule has 0 aliphatic carbocycles. The molecule has 0 saturated carbocycles. The molecule has 0 bridgehead atoms. The molecule has 0 spiro atoms. The Balaban J connectivity index is 2.17. The highest BCUT2D eigenvalue weighted by atomic mass is 16.5. The first-order valence-electron chi connectivity index (χ1n) is 6.52. The second-order valence-electron chi connectivity index (χ2n) is 4.70. The second kappa shape index (κ2) is 6.26. The molecule has 0 aromatic heterocycles. The van der Waals surface area contributed by atoms with Gasteiger partial charge in [-0.2, -0.15) is 0 Å². The van der Waals surface area contributed by atoms with Gasteiger partial charge in [0.25, 0.3) is 0 Å². The number of aryl methyl sites for hydroxylation is 1. The van der Waals surface area contributed by atoms with Gasteiger partial charge in [-0.25, -0.2) is 0 Å². The standard InChI is InChI=1S/C16H19NO4/c1-10-6-15(20-2)16(21-3)8-12(10)17-9-11-4-5-13(18)14(19)7-11/h4-8,17-19H,9H2,1-3H3. The van der Waals surface area contributed by atoms with Crippen molar-refractivity contribution in [1.82, 2.24) is 0 Å². The molecule has 0 unspecified atom stereocenters. The molecule has 0 radical (unpaired) electrons. The molecule has 0 aliphatic heterocycles. The maximum absolute atomic E-state index is 9.49. The van der Waals surface area contributed by atoms with E-state index in [1.165, 1.54) is 12.1 Å².